The average molecular weight is 342 g/mol. The number of carbonyl (C=O) groups is 2. The molecule has 0 unspecified atom stereocenters. The molecular weight excluding hydrogens is 320 g/mol. The summed E-state index contributed by atoms with van der Waals surface area (Å²) in [7, 11) is 0. The van der Waals surface area contributed by atoms with E-state index >= 15 is 0 Å². The molecule has 25 heavy (non-hydrogen) atoms. The lowest BCUT2D eigenvalue weighted by molar-refractivity contribution is 0.101. The van der Waals surface area contributed by atoms with Crippen LogP contribution in [0.1, 0.15) is 24.2 Å². The molecule has 2 N–H and O–H groups in total. The summed E-state index contributed by atoms with van der Waals surface area (Å²) < 4.78 is 11.0. The van der Waals surface area contributed by atoms with Gasteiger partial charge < -0.3 is 20.1 Å². The van der Waals surface area contributed by atoms with Crippen LogP contribution in [0.2, 0.25) is 0 Å². The van der Waals surface area contributed by atoms with Crippen molar-refractivity contribution in [1.82, 2.24) is 5.32 Å². The number of urea groups is 1. The number of amides is 2. The summed E-state index contributed by atoms with van der Waals surface area (Å²) in [6.07, 6.45) is 0. The Morgan fingerprint density at radius 3 is 2.44 bits per heavy atom. The number of Topliss-reactive ketones (excluding diaryl/α,β-unsaturated/α-hetero) is 1. The van der Waals surface area contributed by atoms with Gasteiger partial charge >= 0.3 is 6.03 Å². The van der Waals surface area contributed by atoms with Crippen LogP contribution in [0.5, 0.6) is 11.5 Å². The summed E-state index contributed by atoms with van der Waals surface area (Å²) in [5.41, 5.74) is 1.12. The lowest BCUT2D eigenvalue weighted by atomic mass is 10.1. The van der Waals surface area contributed by atoms with Crippen molar-refractivity contribution in [3.63, 3.8) is 0 Å². The minimum Gasteiger partial charge on any atom is -0.494 e. The Kier molecular flexibility index (Phi) is 6.83. The molecular formula is C19H22N2O4. The third kappa shape index (κ3) is 6.18. The van der Waals surface area contributed by atoms with Gasteiger partial charge in [0, 0.05) is 17.3 Å². The van der Waals surface area contributed by atoms with Gasteiger partial charge in [-0.3, -0.25) is 4.79 Å². The van der Waals surface area contributed by atoms with Crippen molar-refractivity contribution in [1.29, 1.82) is 0 Å². The van der Waals surface area contributed by atoms with Crippen molar-refractivity contribution >= 4 is 17.5 Å². The van der Waals surface area contributed by atoms with Gasteiger partial charge in [0.1, 0.15) is 18.1 Å². The van der Waals surface area contributed by atoms with Crippen molar-refractivity contribution < 1.29 is 19.1 Å². The highest BCUT2D eigenvalue weighted by atomic mass is 16.5. The molecule has 0 atom stereocenters. The Hall–Kier alpha value is -3.02. The molecule has 0 spiro atoms. The summed E-state index contributed by atoms with van der Waals surface area (Å²) >= 11 is 0. The molecule has 0 radical (unpaired) electrons. The van der Waals surface area contributed by atoms with Crippen LogP contribution >= 0.6 is 0 Å². The van der Waals surface area contributed by atoms with E-state index in [4.69, 9.17) is 9.47 Å². The Labute approximate surface area is 147 Å². The number of benzene rings is 2. The van der Waals surface area contributed by atoms with Crippen molar-refractivity contribution in [3.8, 4) is 11.5 Å². The van der Waals surface area contributed by atoms with Gasteiger partial charge in [-0.15, -0.1) is 0 Å². The highest BCUT2D eigenvalue weighted by molar-refractivity contribution is 5.96. The van der Waals surface area contributed by atoms with Crippen LogP contribution in [0.15, 0.2) is 48.5 Å². The molecule has 0 saturated carbocycles. The van der Waals surface area contributed by atoms with Crippen LogP contribution in [-0.4, -0.2) is 31.6 Å². The van der Waals surface area contributed by atoms with Crippen LogP contribution in [0, 0.1) is 0 Å². The highest BCUT2D eigenvalue weighted by Gasteiger charge is 2.04. The van der Waals surface area contributed by atoms with Crippen LogP contribution < -0.4 is 20.1 Å². The lowest BCUT2D eigenvalue weighted by Gasteiger charge is -2.10. The van der Waals surface area contributed by atoms with E-state index in [0.29, 0.717) is 36.8 Å². The standard InChI is InChI=1S/C19H22N2O4/c1-3-24-17-8-5-9-18(13-17)25-11-10-20-19(23)21-16-7-4-6-15(12-16)14(2)22/h4-9,12-13H,3,10-11H2,1-2H3,(H2,20,21,23). The maximum Gasteiger partial charge on any atom is 0.319 e. The summed E-state index contributed by atoms with van der Waals surface area (Å²) in [4.78, 5) is 23.2. The minimum absolute atomic E-state index is 0.0493. The number of ketones is 1. The van der Waals surface area contributed by atoms with Gasteiger partial charge in [-0.2, -0.15) is 0 Å². The van der Waals surface area contributed by atoms with Crippen molar-refractivity contribution in [3.05, 3.63) is 54.1 Å². The second kappa shape index (κ2) is 9.32. The molecule has 0 aliphatic rings. The molecule has 132 valence electrons. The molecule has 6 heteroatoms. The Bertz CT molecular complexity index is 731. The molecule has 0 heterocycles. The zero-order valence-electron chi connectivity index (χ0n) is 14.4. The number of hydrogen-bond acceptors (Lipinski definition) is 4. The van der Waals surface area contributed by atoms with Crippen molar-refractivity contribution in [2.75, 3.05) is 25.1 Å². The van der Waals surface area contributed by atoms with Crippen LogP contribution in [0.4, 0.5) is 10.5 Å². The predicted molar refractivity (Wildman–Crippen MR) is 96.6 cm³/mol. The highest BCUT2D eigenvalue weighted by Crippen LogP contribution is 2.19. The number of carbonyl (C=O) groups excluding carboxylic acids is 2. The van der Waals surface area contributed by atoms with Gasteiger partial charge in [0.25, 0.3) is 0 Å². The summed E-state index contributed by atoms with van der Waals surface area (Å²) in [5, 5.41) is 5.38. The van der Waals surface area contributed by atoms with Gasteiger partial charge in [0.15, 0.2) is 5.78 Å². The Balaban J connectivity index is 1.74. The van der Waals surface area contributed by atoms with E-state index in [-0.39, 0.29) is 11.8 Å². The predicted octanol–water partition coefficient (Wildman–Crippen LogP) is 3.49. The number of hydrogen-bond donors (Lipinski definition) is 2. The normalized spacial score (nSPS) is 10.0. The SMILES string of the molecule is CCOc1cccc(OCCNC(=O)Nc2cccc(C(C)=O)c2)c1. The van der Waals surface area contributed by atoms with Gasteiger partial charge in [-0.05, 0) is 38.1 Å². The quantitative estimate of drug-likeness (QED) is 0.569. The number of nitrogens with one attached hydrogen (secondary N) is 2. The first-order chi connectivity index (χ1) is 12.1. The maximum atomic E-state index is 11.9. The fourth-order valence-electron chi connectivity index (χ4n) is 2.15. The van der Waals surface area contributed by atoms with Crippen LogP contribution in [0.25, 0.3) is 0 Å². The number of anilines is 1. The summed E-state index contributed by atoms with van der Waals surface area (Å²) in [6.45, 7) is 4.67. The summed E-state index contributed by atoms with van der Waals surface area (Å²) in [5.74, 6) is 1.38. The largest absolute Gasteiger partial charge is 0.494 e. The molecule has 2 aromatic rings. The number of rotatable bonds is 8. The van der Waals surface area contributed by atoms with E-state index in [1.165, 1.54) is 6.92 Å². The van der Waals surface area contributed by atoms with E-state index < -0.39 is 0 Å². The van der Waals surface area contributed by atoms with Crippen LogP contribution in [-0.2, 0) is 0 Å². The maximum absolute atomic E-state index is 11.9. The second-order valence-electron chi connectivity index (χ2n) is 5.27. The first-order valence-corrected chi connectivity index (χ1v) is 8.10. The topological polar surface area (TPSA) is 76.7 Å². The zero-order chi connectivity index (χ0) is 18.1. The minimum atomic E-state index is -0.354. The van der Waals surface area contributed by atoms with Crippen molar-refractivity contribution in [2.24, 2.45) is 0 Å². The Morgan fingerprint density at radius 2 is 1.72 bits per heavy atom. The molecule has 0 aliphatic heterocycles. The van der Waals surface area contributed by atoms with Gasteiger partial charge in [-0.25, -0.2) is 4.79 Å². The summed E-state index contributed by atoms with van der Waals surface area (Å²) in [6, 6.07) is 13.8. The molecule has 2 rings (SSSR count). The van der Waals surface area contributed by atoms with E-state index in [1.807, 2.05) is 25.1 Å². The Morgan fingerprint density at radius 1 is 1.00 bits per heavy atom. The van der Waals surface area contributed by atoms with Crippen LogP contribution in [0.3, 0.4) is 0 Å². The van der Waals surface area contributed by atoms with Crippen molar-refractivity contribution in [2.45, 2.75) is 13.8 Å². The molecule has 0 aromatic heterocycles. The fraction of sp³-hybridized carbons (Fsp3) is 0.263. The molecule has 0 saturated heterocycles. The fourth-order valence-corrected chi connectivity index (χ4v) is 2.15. The van der Waals surface area contributed by atoms with E-state index in [2.05, 4.69) is 10.6 Å². The zero-order valence-corrected chi connectivity index (χ0v) is 14.4. The van der Waals surface area contributed by atoms with E-state index in [1.54, 1.807) is 30.3 Å². The second-order valence-corrected chi connectivity index (χ2v) is 5.27. The average Bonchev–Trinajstić information content (AvgIpc) is 2.59. The molecule has 0 aliphatic carbocycles. The first kappa shape index (κ1) is 18.3. The molecule has 6 nitrogen and oxygen atoms in total. The third-order valence-corrected chi connectivity index (χ3v) is 3.30. The molecule has 2 amide bonds. The smallest absolute Gasteiger partial charge is 0.319 e. The van der Waals surface area contributed by atoms with Gasteiger partial charge in [0.05, 0.1) is 13.2 Å². The number of ether oxygens (including phenoxy) is 2. The van der Waals surface area contributed by atoms with Gasteiger partial charge in [-0.1, -0.05) is 18.2 Å². The van der Waals surface area contributed by atoms with Gasteiger partial charge in [0.2, 0.25) is 0 Å². The lowest BCUT2D eigenvalue weighted by Crippen LogP contribution is -2.32. The first-order valence-electron chi connectivity index (χ1n) is 8.10. The van der Waals surface area contributed by atoms with E-state index in [9.17, 15) is 9.59 Å². The monoisotopic (exact) mass is 342 g/mol. The molecule has 2 aromatic carbocycles. The molecule has 0 fully saturated rings. The van der Waals surface area contributed by atoms with E-state index in [0.717, 1.165) is 5.75 Å². The molecule has 0 bridgehead atoms. The third-order valence-electron chi connectivity index (χ3n) is 3.30.